The van der Waals surface area contributed by atoms with E-state index in [2.05, 4.69) is 10.6 Å². The van der Waals surface area contributed by atoms with Gasteiger partial charge in [-0.3, -0.25) is 9.59 Å². The van der Waals surface area contributed by atoms with Gasteiger partial charge in [-0.05, 0) is 32.0 Å². The number of nitrogens with two attached hydrogens (primary N) is 1. The van der Waals surface area contributed by atoms with E-state index in [0.29, 0.717) is 17.0 Å². The fraction of sp³-hybridized carbons (Fsp3) is 0.385. The normalized spacial score (nSPS) is 10.1. The summed E-state index contributed by atoms with van der Waals surface area (Å²) in [6, 6.07) is 4.76. The Morgan fingerprint density at radius 2 is 2.05 bits per heavy atom. The van der Waals surface area contributed by atoms with Crippen molar-refractivity contribution < 1.29 is 14.3 Å². The summed E-state index contributed by atoms with van der Waals surface area (Å²) >= 11 is 0. The highest BCUT2D eigenvalue weighted by Crippen LogP contribution is 2.22. The number of carbonyl (C=O) groups excluding carboxylic acids is 2. The molecule has 0 spiro atoms. The fourth-order valence-electron chi connectivity index (χ4n) is 1.38. The molecule has 0 saturated heterocycles. The maximum absolute atomic E-state index is 11.8. The highest BCUT2D eigenvalue weighted by atomic mass is 16.5. The van der Waals surface area contributed by atoms with E-state index in [9.17, 15) is 9.59 Å². The maximum atomic E-state index is 11.8. The van der Waals surface area contributed by atoms with Gasteiger partial charge < -0.3 is 21.1 Å². The zero-order valence-corrected chi connectivity index (χ0v) is 11.3. The molecule has 0 fully saturated rings. The van der Waals surface area contributed by atoms with Crippen molar-refractivity contribution in [3.05, 3.63) is 23.8 Å². The standard InChI is InChI=1S/C13H19N3O3/c1-8(2)16-13(18)9-4-5-11(10(14)6-9)19-7-12(17)15-3/h4-6,8H,7,14H2,1-3H3,(H,15,17)(H,16,18). The minimum atomic E-state index is -0.249. The molecule has 0 radical (unpaired) electrons. The molecule has 104 valence electrons. The Morgan fingerprint density at radius 3 is 2.58 bits per heavy atom. The number of likely N-dealkylation sites (N-methyl/N-ethyl adjacent to an activating group) is 1. The van der Waals surface area contributed by atoms with Crippen LogP contribution in [0.5, 0.6) is 5.75 Å². The number of carbonyl (C=O) groups is 2. The number of nitrogens with one attached hydrogen (secondary N) is 2. The molecule has 1 aromatic carbocycles. The first kappa shape index (κ1) is 14.8. The first-order valence-electron chi connectivity index (χ1n) is 5.97. The first-order chi connectivity index (χ1) is 8.93. The van der Waals surface area contributed by atoms with Crippen molar-refractivity contribution in [2.24, 2.45) is 0 Å². The van der Waals surface area contributed by atoms with Crippen molar-refractivity contribution in [1.82, 2.24) is 10.6 Å². The average Bonchev–Trinajstić information content (AvgIpc) is 2.35. The predicted octanol–water partition coefficient (Wildman–Crippen LogP) is 0.532. The predicted molar refractivity (Wildman–Crippen MR) is 73.0 cm³/mol. The number of nitrogen functional groups attached to an aromatic ring is 1. The highest BCUT2D eigenvalue weighted by Gasteiger charge is 2.10. The summed E-state index contributed by atoms with van der Waals surface area (Å²) in [7, 11) is 1.52. The monoisotopic (exact) mass is 265 g/mol. The van der Waals surface area contributed by atoms with Crippen LogP contribution < -0.4 is 21.1 Å². The van der Waals surface area contributed by atoms with Gasteiger partial charge in [0.15, 0.2) is 6.61 Å². The van der Waals surface area contributed by atoms with Crippen LogP contribution in [0, 0.1) is 0 Å². The molecule has 0 heterocycles. The smallest absolute Gasteiger partial charge is 0.257 e. The molecule has 1 rings (SSSR count). The number of amides is 2. The van der Waals surface area contributed by atoms with E-state index in [1.165, 1.54) is 13.1 Å². The molecule has 0 aliphatic carbocycles. The largest absolute Gasteiger partial charge is 0.482 e. The van der Waals surface area contributed by atoms with Gasteiger partial charge >= 0.3 is 0 Å². The van der Waals surface area contributed by atoms with Crippen molar-refractivity contribution in [3.63, 3.8) is 0 Å². The van der Waals surface area contributed by atoms with Crippen molar-refractivity contribution in [3.8, 4) is 5.75 Å². The molecule has 2 amide bonds. The first-order valence-corrected chi connectivity index (χ1v) is 5.97. The lowest BCUT2D eigenvalue weighted by atomic mass is 10.1. The van der Waals surface area contributed by atoms with Crippen LogP contribution in [0.3, 0.4) is 0 Å². The Morgan fingerprint density at radius 1 is 1.37 bits per heavy atom. The van der Waals surface area contributed by atoms with Gasteiger partial charge in [0, 0.05) is 18.7 Å². The summed E-state index contributed by atoms with van der Waals surface area (Å²) in [6.45, 7) is 3.64. The van der Waals surface area contributed by atoms with Gasteiger partial charge in [0.2, 0.25) is 0 Å². The second-order valence-electron chi connectivity index (χ2n) is 4.34. The van der Waals surface area contributed by atoms with E-state index in [4.69, 9.17) is 10.5 Å². The number of hydrogen-bond acceptors (Lipinski definition) is 4. The second-order valence-corrected chi connectivity index (χ2v) is 4.34. The average molecular weight is 265 g/mol. The Labute approximate surface area is 112 Å². The van der Waals surface area contributed by atoms with Gasteiger partial charge in [-0.2, -0.15) is 0 Å². The fourth-order valence-corrected chi connectivity index (χ4v) is 1.38. The van der Waals surface area contributed by atoms with E-state index in [-0.39, 0.29) is 24.5 Å². The van der Waals surface area contributed by atoms with Gasteiger partial charge in [-0.25, -0.2) is 0 Å². The molecular weight excluding hydrogens is 246 g/mol. The zero-order chi connectivity index (χ0) is 14.4. The molecule has 0 aromatic heterocycles. The van der Waals surface area contributed by atoms with Gasteiger partial charge in [0.05, 0.1) is 5.69 Å². The van der Waals surface area contributed by atoms with E-state index < -0.39 is 0 Å². The van der Waals surface area contributed by atoms with Crippen molar-refractivity contribution in [2.75, 3.05) is 19.4 Å². The summed E-state index contributed by atoms with van der Waals surface area (Å²) in [5.74, 6) is -0.0646. The molecule has 0 aliphatic heterocycles. The zero-order valence-electron chi connectivity index (χ0n) is 11.3. The van der Waals surface area contributed by atoms with Gasteiger partial charge in [-0.15, -0.1) is 0 Å². The number of ether oxygens (including phenoxy) is 1. The number of rotatable bonds is 5. The second kappa shape index (κ2) is 6.63. The van der Waals surface area contributed by atoms with Crippen LogP contribution in [-0.2, 0) is 4.79 Å². The van der Waals surface area contributed by atoms with Gasteiger partial charge in [0.1, 0.15) is 5.75 Å². The van der Waals surface area contributed by atoms with Gasteiger partial charge in [-0.1, -0.05) is 0 Å². The summed E-state index contributed by atoms with van der Waals surface area (Å²) in [5.41, 5.74) is 6.56. The van der Waals surface area contributed by atoms with Crippen LogP contribution in [0.1, 0.15) is 24.2 Å². The third-order valence-electron chi connectivity index (χ3n) is 2.33. The summed E-state index contributed by atoms with van der Waals surface area (Å²) in [4.78, 5) is 22.8. The summed E-state index contributed by atoms with van der Waals surface area (Å²) < 4.78 is 5.24. The van der Waals surface area contributed by atoms with Crippen LogP contribution >= 0.6 is 0 Å². The molecule has 0 bridgehead atoms. The highest BCUT2D eigenvalue weighted by molar-refractivity contribution is 5.95. The molecular formula is C13H19N3O3. The van der Waals surface area contributed by atoms with Crippen molar-refractivity contribution in [2.45, 2.75) is 19.9 Å². The van der Waals surface area contributed by atoms with E-state index >= 15 is 0 Å². The summed E-state index contributed by atoms with van der Waals surface area (Å²) in [5, 5.41) is 5.20. The Kier molecular flexibility index (Phi) is 5.17. The molecule has 1 aromatic rings. The van der Waals surface area contributed by atoms with Crippen molar-refractivity contribution >= 4 is 17.5 Å². The summed E-state index contributed by atoms with van der Waals surface area (Å²) in [6.07, 6.45) is 0. The third-order valence-corrected chi connectivity index (χ3v) is 2.33. The van der Waals surface area contributed by atoms with Crippen LogP contribution in [-0.4, -0.2) is 31.5 Å². The quantitative estimate of drug-likeness (QED) is 0.677. The van der Waals surface area contributed by atoms with Gasteiger partial charge in [0.25, 0.3) is 11.8 Å². The van der Waals surface area contributed by atoms with E-state index in [1.807, 2.05) is 13.8 Å². The molecule has 0 aliphatic rings. The van der Waals surface area contributed by atoms with E-state index in [1.54, 1.807) is 12.1 Å². The lowest BCUT2D eigenvalue weighted by Gasteiger charge is -2.11. The van der Waals surface area contributed by atoms with Crippen LogP contribution in [0.25, 0.3) is 0 Å². The van der Waals surface area contributed by atoms with Crippen molar-refractivity contribution in [1.29, 1.82) is 0 Å². The lowest BCUT2D eigenvalue weighted by molar-refractivity contribution is -0.122. The molecule has 6 heteroatoms. The van der Waals surface area contributed by atoms with E-state index in [0.717, 1.165) is 0 Å². The Balaban J connectivity index is 2.74. The minimum Gasteiger partial charge on any atom is -0.482 e. The molecule has 0 saturated carbocycles. The molecule has 4 N–H and O–H groups in total. The number of benzene rings is 1. The van der Waals surface area contributed by atoms with Crippen LogP contribution in [0.2, 0.25) is 0 Å². The number of hydrogen-bond donors (Lipinski definition) is 3. The molecule has 19 heavy (non-hydrogen) atoms. The van der Waals surface area contributed by atoms with Crippen LogP contribution in [0.4, 0.5) is 5.69 Å². The maximum Gasteiger partial charge on any atom is 0.257 e. The Hall–Kier alpha value is -2.24. The SMILES string of the molecule is CNC(=O)COc1ccc(C(=O)NC(C)C)cc1N. The molecule has 0 unspecified atom stereocenters. The molecule has 6 nitrogen and oxygen atoms in total. The Bertz CT molecular complexity index is 472. The number of anilines is 1. The van der Waals surface area contributed by atoms with Crippen LogP contribution in [0.15, 0.2) is 18.2 Å². The minimum absolute atomic E-state index is 0.0536. The molecule has 0 atom stereocenters. The lowest BCUT2D eigenvalue weighted by Crippen LogP contribution is -2.30. The topological polar surface area (TPSA) is 93.4 Å². The third kappa shape index (κ3) is 4.50.